The van der Waals surface area contributed by atoms with Crippen molar-refractivity contribution in [2.24, 2.45) is 5.92 Å². The molecular formula is C22H19F2NO5. The predicted molar refractivity (Wildman–Crippen MR) is 103 cm³/mol. The highest BCUT2D eigenvalue weighted by atomic mass is 19.1. The monoisotopic (exact) mass is 415 g/mol. The average molecular weight is 415 g/mol. The number of nitrogens with one attached hydrogen (secondary N) is 1. The van der Waals surface area contributed by atoms with E-state index in [-0.39, 0.29) is 17.9 Å². The molecule has 2 atom stereocenters. The highest BCUT2D eigenvalue weighted by molar-refractivity contribution is 6.11. The Morgan fingerprint density at radius 2 is 1.57 bits per heavy atom. The van der Waals surface area contributed by atoms with E-state index in [1.54, 1.807) is 6.92 Å². The molecular weight excluding hydrogens is 396 g/mol. The van der Waals surface area contributed by atoms with Gasteiger partial charge in [-0.1, -0.05) is 12.1 Å². The fourth-order valence-electron chi connectivity index (χ4n) is 3.43. The maximum absolute atomic E-state index is 13.5. The molecule has 0 aromatic heterocycles. The molecule has 1 aliphatic rings. The molecule has 2 aromatic carbocycles. The molecule has 2 unspecified atom stereocenters. The molecule has 1 N–H and O–H groups in total. The average Bonchev–Trinajstić information content (AvgIpc) is 2.73. The van der Waals surface area contributed by atoms with Crippen LogP contribution in [-0.2, 0) is 23.9 Å². The molecule has 1 heterocycles. The molecule has 2 aromatic rings. The SMILES string of the molecule is CCOC(=O)C1C(=O)NC(c2ccc(F)cc2)=C(C(=O)OC)C1c1ccc(F)cc1. The third-order valence-corrected chi connectivity index (χ3v) is 4.75. The minimum absolute atomic E-state index is 0.0200. The Balaban J connectivity index is 2.27. The number of carbonyl (C=O) groups excluding carboxylic acids is 3. The van der Waals surface area contributed by atoms with Gasteiger partial charge in [-0.2, -0.15) is 0 Å². The van der Waals surface area contributed by atoms with Gasteiger partial charge in [0.05, 0.1) is 25.0 Å². The topological polar surface area (TPSA) is 81.7 Å². The molecule has 0 aliphatic carbocycles. The Hall–Kier alpha value is -3.55. The second kappa shape index (κ2) is 8.86. The quantitative estimate of drug-likeness (QED) is 0.600. The number of hydrogen-bond donors (Lipinski definition) is 1. The van der Waals surface area contributed by atoms with E-state index in [9.17, 15) is 23.2 Å². The number of esters is 2. The van der Waals surface area contributed by atoms with Gasteiger partial charge < -0.3 is 14.8 Å². The van der Waals surface area contributed by atoms with Crippen LogP contribution in [0, 0.1) is 17.6 Å². The van der Waals surface area contributed by atoms with E-state index in [1.165, 1.54) is 36.4 Å². The van der Waals surface area contributed by atoms with E-state index >= 15 is 0 Å². The molecule has 30 heavy (non-hydrogen) atoms. The summed E-state index contributed by atoms with van der Waals surface area (Å²) in [6, 6.07) is 10.2. The number of methoxy groups -OCH3 is 1. The van der Waals surface area contributed by atoms with Gasteiger partial charge in [0, 0.05) is 5.92 Å². The molecule has 0 bridgehead atoms. The zero-order chi connectivity index (χ0) is 21.8. The first-order chi connectivity index (χ1) is 14.4. The Morgan fingerprint density at radius 3 is 2.10 bits per heavy atom. The van der Waals surface area contributed by atoms with Crippen LogP contribution in [-0.4, -0.2) is 31.6 Å². The summed E-state index contributed by atoms with van der Waals surface area (Å²) in [4.78, 5) is 38.3. The van der Waals surface area contributed by atoms with Crippen molar-refractivity contribution in [2.75, 3.05) is 13.7 Å². The van der Waals surface area contributed by atoms with Crippen molar-refractivity contribution in [3.05, 3.63) is 76.9 Å². The van der Waals surface area contributed by atoms with Gasteiger partial charge in [0.15, 0.2) is 0 Å². The van der Waals surface area contributed by atoms with Gasteiger partial charge >= 0.3 is 11.9 Å². The maximum Gasteiger partial charge on any atom is 0.336 e. The van der Waals surface area contributed by atoms with Crippen LogP contribution in [0.3, 0.4) is 0 Å². The summed E-state index contributed by atoms with van der Waals surface area (Å²) >= 11 is 0. The van der Waals surface area contributed by atoms with Crippen molar-refractivity contribution in [1.29, 1.82) is 0 Å². The van der Waals surface area contributed by atoms with E-state index in [4.69, 9.17) is 9.47 Å². The van der Waals surface area contributed by atoms with E-state index < -0.39 is 41.3 Å². The van der Waals surface area contributed by atoms with Gasteiger partial charge in [-0.3, -0.25) is 9.59 Å². The second-order valence-corrected chi connectivity index (χ2v) is 6.54. The molecule has 1 aliphatic heterocycles. The lowest BCUT2D eigenvalue weighted by molar-refractivity contribution is -0.153. The highest BCUT2D eigenvalue weighted by Crippen LogP contribution is 2.41. The molecule has 0 saturated heterocycles. The van der Waals surface area contributed by atoms with Crippen molar-refractivity contribution in [3.63, 3.8) is 0 Å². The van der Waals surface area contributed by atoms with Crippen LogP contribution in [0.25, 0.3) is 5.70 Å². The summed E-state index contributed by atoms with van der Waals surface area (Å²) in [7, 11) is 1.16. The van der Waals surface area contributed by atoms with Crippen molar-refractivity contribution < 1.29 is 32.6 Å². The lowest BCUT2D eigenvalue weighted by Gasteiger charge is -2.33. The largest absolute Gasteiger partial charge is 0.466 e. The summed E-state index contributed by atoms with van der Waals surface area (Å²) in [5.74, 6) is -5.83. The Morgan fingerprint density at radius 1 is 1.00 bits per heavy atom. The van der Waals surface area contributed by atoms with Crippen LogP contribution in [0.5, 0.6) is 0 Å². The van der Waals surface area contributed by atoms with Gasteiger partial charge in [-0.05, 0) is 54.4 Å². The van der Waals surface area contributed by atoms with E-state index in [0.717, 1.165) is 19.2 Å². The summed E-state index contributed by atoms with van der Waals surface area (Å²) in [6.07, 6.45) is 0. The Labute approximate surface area is 171 Å². The van der Waals surface area contributed by atoms with Crippen molar-refractivity contribution in [2.45, 2.75) is 12.8 Å². The van der Waals surface area contributed by atoms with E-state index in [1.807, 2.05) is 0 Å². The molecule has 0 fully saturated rings. The Kier molecular flexibility index (Phi) is 6.25. The molecule has 8 heteroatoms. The van der Waals surface area contributed by atoms with Crippen LogP contribution in [0.4, 0.5) is 8.78 Å². The maximum atomic E-state index is 13.5. The Bertz CT molecular complexity index is 999. The standard InChI is InChI=1S/C22H19F2NO5/c1-3-30-22(28)18-16(12-4-8-14(23)9-5-12)17(21(27)29-2)19(25-20(18)26)13-6-10-15(24)11-7-13/h4-11,16,18H,3H2,1-2H3,(H,25,26). The van der Waals surface area contributed by atoms with Gasteiger partial charge in [0.1, 0.15) is 17.6 Å². The third-order valence-electron chi connectivity index (χ3n) is 4.75. The first-order valence-electron chi connectivity index (χ1n) is 9.18. The first kappa shape index (κ1) is 21.2. The molecule has 156 valence electrons. The smallest absolute Gasteiger partial charge is 0.336 e. The summed E-state index contributed by atoms with van der Waals surface area (Å²) in [5.41, 5.74) is 0.763. The molecule has 0 spiro atoms. The number of ether oxygens (including phenoxy) is 2. The minimum atomic E-state index is -1.39. The molecule has 0 saturated carbocycles. The number of rotatable bonds is 5. The third kappa shape index (κ3) is 4.07. The van der Waals surface area contributed by atoms with Gasteiger partial charge in [0.25, 0.3) is 0 Å². The van der Waals surface area contributed by atoms with E-state index in [2.05, 4.69) is 5.32 Å². The first-order valence-corrected chi connectivity index (χ1v) is 9.18. The van der Waals surface area contributed by atoms with Gasteiger partial charge in [-0.15, -0.1) is 0 Å². The van der Waals surface area contributed by atoms with Crippen molar-refractivity contribution >= 4 is 23.5 Å². The number of halogens is 2. The van der Waals surface area contributed by atoms with Crippen LogP contribution < -0.4 is 5.32 Å². The fourth-order valence-corrected chi connectivity index (χ4v) is 3.43. The lowest BCUT2D eigenvalue weighted by atomic mass is 9.75. The van der Waals surface area contributed by atoms with Crippen LogP contribution in [0.1, 0.15) is 24.0 Å². The second-order valence-electron chi connectivity index (χ2n) is 6.54. The lowest BCUT2D eigenvalue weighted by Crippen LogP contribution is -2.46. The van der Waals surface area contributed by atoms with Crippen LogP contribution in [0.2, 0.25) is 0 Å². The predicted octanol–water partition coefficient (Wildman–Crippen LogP) is 2.94. The van der Waals surface area contributed by atoms with Crippen LogP contribution >= 0.6 is 0 Å². The van der Waals surface area contributed by atoms with Crippen molar-refractivity contribution in [1.82, 2.24) is 5.32 Å². The zero-order valence-corrected chi connectivity index (χ0v) is 16.3. The number of benzene rings is 2. The number of amides is 1. The van der Waals surface area contributed by atoms with Crippen molar-refractivity contribution in [3.8, 4) is 0 Å². The minimum Gasteiger partial charge on any atom is -0.466 e. The molecule has 0 radical (unpaired) electrons. The summed E-state index contributed by atoms with van der Waals surface area (Å²) < 4.78 is 36.9. The van der Waals surface area contributed by atoms with E-state index in [0.29, 0.717) is 11.1 Å². The van der Waals surface area contributed by atoms with Gasteiger partial charge in [0.2, 0.25) is 5.91 Å². The summed E-state index contributed by atoms with van der Waals surface area (Å²) in [5, 5.41) is 2.56. The number of hydrogen-bond acceptors (Lipinski definition) is 5. The molecule has 3 rings (SSSR count). The molecule has 6 nitrogen and oxygen atoms in total. The fraction of sp³-hybridized carbons (Fsp3) is 0.227. The zero-order valence-electron chi connectivity index (χ0n) is 16.3. The highest BCUT2D eigenvalue weighted by Gasteiger charge is 2.46. The normalized spacial score (nSPS) is 18.6. The van der Waals surface area contributed by atoms with Crippen LogP contribution in [0.15, 0.2) is 54.1 Å². The number of carbonyl (C=O) groups is 3. The summed E-state index contributed by atoms with van der Waals surface area (Å²) in [6.45, 7) is 1.62. The molecule has 1 amide bonds. The van der Waals surface area contributed by atoms with Gasteiger partial charge in [-0.25, -0.2) is 13.6 Å².